The van der Waals surface area contributed by atoms with E-state index in [2.05, 4.69) is 20.4 Å². The van der Waals surface area contributed by atoms with Gasteiger partial charge >= 0.3 is 0 Å². The van der Waals surface area contributed by atoms with Gasteiger partial charge in [0.1, 0.15) is 5.56 Å². The molecule has 0 atom stereocenters. The van der Waals surface area contributed by atoms with Crippen molar-refractivity contribution in [2.75, 3.05) is 0 Å². The van der Waals surface area contributed by atoms with E-state index >= 15 is 0 Å². The van der Waals surface area contributed by atoms with Gasteiger partial charge in [-0.2, -0.15) is 5.10 Å². The largest absolute Gasteiger partial charge is 0.346 e. The summed E-state index contributed by atoms with van der Waals surface area (Å²) < 4.78 is 1.72. The summed E-state index contributed by atoms with van der Waals surface area (Å²) in [6.07, 6.45) is 3.91. The third-order valence-corrected chi connectivity index (χ3v) is 5.30. The first-order valence-electron chi connectivity index (χ1n) is 9.30. The van der Waals surface area contributed by atoms with Crippen molar-refractivity contribution in [3.05, 3.63) is 93.7 Å². The van der Waals surface area contributed by atoms with Crippen LogP contribution in [0.2, 0.25) is 5.02 Å². The SMILES string of the molecule is Cc1nc2c(C(=O)NCc3ccccn3)cnn2c(C)c1Cc1ccccc1Cl. The number of fused-ring (bicyclic) bond motifs is 1. The van der Waals surface area contributed by atoms with E-state index in [1.807, 2.05) is 56.3 Å². The van der Waals surface area contributed by atoms with E-state index in [0.29, 0.717) is 24.2 Å². The van der Waals surface area contributed by atoms with Gasteiger partial charge in [-0.25, -0.2) is 9.50 Å². The van der Waals surface area contributed by atoms with Crippen LogP contribution in [0.25, 0.3) is 5.65 Å². The number of carbonyl (C=O) groups excluding carboxylic acids is 1. The molecule has 1 amide bonds. The lowest BCUT2D eigenvalue weighted by molar-refractivity contribution is 0.0952. The van der Waals surface area contributed by atoms with Crippen molar-refractivity contribution in [2.45, 2.75) is 26.8 Å². The van der Waals surface area contributed by atoms with Crippen LogP contribution in [0, 0.1) is 13.8 Å². The average Bonchev–Trinajstić information content (AvgIpc) is 3.15. The summed E-state index contributed by atoms with van der Waals surface area (Å²) in [6.45, 7) is 4.28. The van der Waals surface area contributed by atoms with Crippen molar-refractivity contribution in [3.63, 3.8) is 0 Å². The Hall–Kier alpha value is -3.25. The van der Waals surface area contributed by atoms with Gasteiger partial charge in [0, 0.05) is 29.0 Å². The second-order valence-corrected chi connectivity index (χ2v) is 7.23. The van der Waals surface area contributed by atoms with Crippen LogP contribution in [0.15, 0.2) is 54.9 Å². The number of benzene rings is 1. The highest BCUT2D eigenvalue weighted by Crippen LogP contribution is 2.24. The summed E-state index contributed by atoms with van der Waals surface area (Å²) >= 11 is 6.33. The Bertz CT molecular complexity index is 1190. The molecule has 0 unspecified atom stereocenters. The molecular formula is C22H20ClN5O. The zero-order valence-corrected chi connectivity index (χ0v) is 16.9. The van der Waals surface area contributed by atoms with Crippen LogP contribution in [-0.4, -0.2) is 25.5 Å². The number of halogens is 1. The third kappa shape index (κ3) is 3.84. The van der Waals surface area contributed by atoms with Crippen LogP contribution < -0.4 is 5.32 Å². The van der Waals surface area contributed by atoms with Crippen LogP contribution in [0.1, 0.15) is 38.6 Å². The molecule has 29 heavy (non-hydrogen) atoms. The Kier molecular flexibility index (Phi) is 5.27. The fourth-order valence-corrected chi connectivity index (χ4v) is 3.53. The van der Waals surface area contributed by atoms with Crippen LogP contribution in [0.3, 0.4) is 0 Å². The first-order valence-corrected chi connectivity index (χ1v) is 9.67. The molecule has 1 aromatic carbocycles. The minimum Gasteiger partial charge on any atom is -0.346 e. The first kappa shape index (κ1) is 19.1. The van der Waals surface area contributed by atoms with Gasteiger partial charge in [-0.05, 0) is 43.2 Å². The van der Waals surface area contributed by atoms with Gasteiger partial charge in [-0.3, -0.25) is 9.78 Å². The number of aromatic nitrogens is 4. The molecule has 3 heterocycles. The highest BCUT2D eigenvalue weighted by atomic mass is 35.5. The van der Waals surface area contributed by atoms with E-state index in [4.69, 9.17) is 11.6 Å². The number of pyridine rings is 1. The van der Waals surface area contributed by atoms with E-state index in [9.17, 15) is 4.79 Å². The van der Waals surface area contributed by atoms with Crippen molar-refractivity contribution in [2.24, 2.45) is 0 Å². The molecule has 146 valence electrons. The molecule has 0 bridgehead atoms. The van der Waals surface area contributed by atoms with Gasteiger partial charge in [-0.1, -0.05) is 35.9 Å². The number of rotatable bonds is 5. The molecule has 0 aliphatic heterocycles. The third-order valence-electron chi connectivity index (χ3n) is 4.93. The number of hydrogen-bond donors (Lipinski definition) is 1. The molecule has 3 aromatic heterocycles. The second-order valence-electron chi connectivity index (χ2n) is 6.83. The Morgan fingerprint density at radius 1 is 1.14 bits per heavy atom. The molecular weight excluding hydrogens is 386 g/mol. The summed E-state index contributed by atoms with van der Waals surface area (Å²) in [7, 11) is 0. The molecule has 0 aliphatic rings. The minimum absolute atomic E-state index is 0.226. The molecule has 6 nitrogen and oxygen atoms in total. The van der Waals surface area contributed by atoms with Crippen molar-refractivity contribution in [3.8, 4) is 0 Å². The van der Waals surface area contributed by atoms with E-state index in [1.54, 1.807) is 16.9 Å². The number of carbonyl (C=O) groups is 1. The summed E-state index contributed by atoms with van der Waals surface area (Å²) in [5, 5.41) is 8.01. The fourth-order valence-electron chi connectivity index (χ4n) is 3.33. The molecule has 0 aliphatic carbocycles. The van der Waals surface area contributed by atoms with E-state index in [1.165, 1.54) is 0 Å². The zero-order chi connectivity index (χ0) is 20.4. The second kappa shape index (κ2) is 8.01. The highest BCUT2D eigenvalue weighted by Gasteiger charge is 2.18. The highest BCUT2D eigenvalue weighted by molar-refractivity contribution is 6.31. The molecule has 0 fully saturated rings. The molecule has 0 radical (unpaired) electrons. The summed E-state index contributed by atoms with van der Waals surface area (Å²) in [6, 6.07) is 13.4. The Labute approximate surface area is 173 Å². The van der Waals surface area contributed by atoms with Crippen molar-refractivity contribution in [1.82, 2.24) is 24.9 Å². The maximum atomic E-state index is 12.7. The topological polar surface area (TPSA) is 72.2 Å². The maximum Gasteiger partial charge on any atom is 0.257 e. The van der Waals surface area contributed by atoms with Gasteiger partial charge < -0.3 is 5.32 Å². The number of aryl methyl sites for hydroxylation is 2. The summed E-state index contributed by atoms with van der Waals surface area (Å²) in [5.74, 6) is -0.226. The monoisotopic (exact) mass is 405 g/mol. The molecule has 4 rings (SSSR count). The molecule has 4 aromatic rings. The number of nitrogens with zero attached hydrogens (tertiary/aromatic N) is 4. The van der Waals surface area contributed by atoms with E-state index in [0.717, 1.165) is 33.2 Å². The molecule has 1 N–H and O–H groups in total. The van der Waals surface area contributed by atoms with Crippen LogP contribution in [-0.2, 0) is 13.0 Å². The number of hydrogen-bond acceptors (Lipinski definition) is 4. The fraction of sp³-hybridized carbons (Fsp3) is 0.182. The van der Waals surface area contributed by atoms with Gasteiger partial charge in [0.05, 0.1) is 18.4 Å². The summed E-state index contributed by atoms with van der Waals surface area (Å²) in [5.41, 5.74) is 5.65. The van der Waals surface area contributed by atoms with E-state index in [-0.39, 0.29) is 5.91 Å². The zero-order valence-electron chi connectivity index (χ0n) is 16.2. The lowest BCUT2D eigenvalue weighted by Gasteiger charge is -2.12. The number of amides is 1. The lowest BCUT2D eigenvalue weighted by Crippen LogP contribution is -2.23. The number of nitrogens with one attached hydrogen (secondary N) is 1. The Morgan fingerprint density at radius 2 is 1.93 bits per heavy atom. The Balaban J connectivity index is 1.63. The first-order chi connectivity index (χ1) is 14.0. The smallest absolute Gasteiger partial charge is 0.257 e. The molecule has 7 heteroatoms. The lowest BCUT2D eigenvalue weighted by atomic mass is 10.0. The quantitative estimate of drug-likeness (QED) is 0.546. The maximum absolute atomic E-state index is 12.7. The predicted octanol–water partition coefficient (Wildman–Crippen LogP) is 3.92. The van der Waals surface area contributed by atoms with Gasteiger partial charge in [0.25, 0.3) is 5.91 Å². The van der Waals surface area contributed by atoms with Crippen LogP contribution >= 0.6 is 11.6 Å². The van der Waals surface area contributed by atoms with Crippen molar-refractivity contribution >= 4 is 23.2 Å². The van der Waals surface area contributed by atoms with E-state index < -0.39 is 0 Å². The predicted molar refractivity (Wildman–Crippen MR) is 112 cm³/mol. The van der Waals surface area contributed by atoms with Gasteiger partial charge in [0.2, 0.25) is 0 Å². The van der Waals surface area contributed by atoms with Crippen molar-refractivity contribution in [1.29, 1.82) is 0 Å². The standard InChI is InChI=1S/C22H20ClN5O/c1-14-18(11-16-7-3-4-9-20(16)23)15(2)28-21(27-14)19(13-26-28)22(29)25-12-17-8-5-6-10-24-17/h3-10,13H,11-12H2,1-2H3,(H,25,29). The van der Waals surface area contributed by atoms with Gasteiger partial charge in [-0.15, -0.1) is 0 Å². The average molecular weight is 406 g/mol. The van der Waals surface area contributed by atoms with Crippen LogP contribution in [0.5, 0.6) is 0 Å². The normalized spacial score (nSPS) is 11.0. The molecule has 0 spiro atoms. The van der Waals surface area contributed by atoms with Crippen LogP contribution in [0.4, 0.5) is 0 Å². The Morgan fingerprint density at radius 3 is 2.69 bits per heavy atom. The van der Waals surface area contributed by atoms with Crippen molar-refractivity contribution < 1.29 is 4.79 Å². The molecule has 0 saturated carbocycles. The summed E-state index contributed by atoms with van der Waals surface area (Å²) in [4.78, 5) is 21.6. The van der Waals surface area contributed by atoms with Gasteiger partial charge in [0.15, 0.2) is 5.65 Å². The minimum atomic E-state index is -0.226. The molecule has 0 saturated heterocycles.